The van der Waals surface area contributed by atoms with Gasteiger partial charge >= 0.3 is 0 Å². The molecule has 2 rings (SSSR count). The summed E-state index contributed by atoms with van der Waals surface area (Å²) in [6.07, 6.45) is 1.37. The van der Waals surface area contributed by atoms with Crippen LogP contribution in [0.25, 0.3) is 0 Å². The van der Waals surface area contributed by atoms with E-state index in [2.05, 4.69) is 20.6 Å². The highest BCUT2D eigenvalue weighted by Gasteiger charge is 2.04. The van der Waals surface area contributed by atoms with Gasteiger partial charge in [0.1, 0.15) is 0 Å². The van der Waals surface area contributed by atoms with Gasteiger partial charge < -0.3 is 5.73 Å². The Morgan fingerprint density at radius 2 is 2.35 bits per heavy atom. The SMILES string of the molecule is Nc1nnnn1/N=C/c1cccc([N+](=O)[O-])c1. The van der Waals surface area contributed by atoms with Gasteiger partial charge in [-0.2, -0.15) is 5.10 Å². The molecule has 0 bridgehead atoms. The van der Waals surface area contributed by atoms with Gasteiger partial charge in [-0.25, -0.2) is 0 Å². The predicted molar refractivity (Wildman–Crippen MR) is 58.3 cm³/mol. The van der Waals surface area contributed by atoms with E-state index in [0.717, 1.165) is 4.79 Å². The summed E-state index contributed by atoms with van der Waals surface area (Å²) < 4.78 is 0. The van der Waals surface area contributed by atoms with Crippen LogP contribution in [-0.2, 0) is 0 Å². The molecule has 0 atom stereocenters. The summed E-state index contributed by atoms with van der Waals surface area (Å²) >= 11 is 0. The summed E-state index contributed by atoms with van der Waals surface area (Å²) in [6.45, 7) is 0. The number of anilines is 1. The minimum Gasteiger partial charge on any atom is -0.365 e. The first kappa shape index (κ1) is 10.7. The van der Waals surface area contributed by atoms with Gasteiger partial charge in [-0.1, -0.05) is 22.0 Å². The molecule has 1 aromatic carbocycles. The van der Waals surface area contributed by atoms with E-state index in [1.54, 1.807) is 12.1 Å². The monoisotopic (exact) mass is 233 g/mol. The van der Waals surface area contributed by atoms with Crippen molar-refractivity contribution in [2.75, 3.05) is 5.73 Å². The molecule has 9 nitrogen and oxygen atoms in total. The first-order valence-electron chi connectivity index (χ1n) is 4.49. The number of hydrogen-bond acceptors (Lipinski definition) is 7. The third kappa shape index (κ3) is 2.40. The highest BCUT2D eigenvalue weighted by atomic mass is 16.6. The van der Waals surface area contributed by atoms with Crippen LogP contribution in [0.1, 0.15) is 5.56 Å². The van der Waals surface area contributed by atoms with E-state index in [9.17, 15) is 10.1 Å². The van der Waals surface area contributed by atoms with Gasteiger partial charge in [-0.05, 0) is 10.4 Å². The molecule has 0 amide bonds. The zero-order chi connectivity index (χ0) is 12.3. The summed E-state index contributed by atoms with van der Waals surface area (Å²) in [4.78, 5) is 11.1. The van der Waals surface area contributed by atoms with Crippen molar-refractivity contribution in [1.82, 2.24) is 20.3 Å². The van der Waals surface area contributed by atoms with Crippen molar-refractivity contribution < 1.29 is 4.92 Å². The molecule has 0 aliphatic rings. The van der Waals surface area contributed by atoms with Crippen LogP contribution in [0.15, 0.2) is 29.4 Å². The fraction of sp³-hybridized carbons (Fsp3) is 0. The summed E-state index contributed by atoms with van der Waals surface area (Å²) in [7, 11) is 0. The number of nitro benzene ring substituents is 1. The summed E-state index contributed by atoms with van der Waals surface area (Å²) in [5.41, 5.74) is 5.92. The molecule has 0 saturated heterocycles. The second-order valence-electron chi connectivity index (χ2n) is 3.02. The van der Waals surface area contributed by atoms with Crippen LogP contribution in [0.4, 0.5) is 11.6 Å². The minimum absolute atomic E-state index is 0.0152. The Morgan fingerprint density at radius 1 is 1.53 bits per heavy atom. The van der Waals surface area contributed by atoms with Gasteiger partial charge in [0.15, 0.2) is 0 Å². The quantitative estimate of drug-likeness (QED) is 0.453. The number of nitro groups is 1. The van der Waals surface area contributed by atoms with E-state index in [4.69, 9.17) is 5.73 Å². The molecule has 86 valence electrons. The number of rotatable bonds is 3. The fourth-order valence-corrected chi connectivity index (χ4v) is 1.11. The molecule has 9 heteroatoms. The van der Waals surface area contributed by atoms with Crippen LogP contribution in [0, 0.1) is 10.1 Å². The van der Waals surface area contributed by atoms with Crippen LogP contribution < -0.4 is 5.73 Å². The lowest BCUT2D eigenvalue weighted by Crippen LogP contribution is -1.99. The predicted octanol–water partition coefficient (Wildman–Crippen LogP) is 0.0457. The van der Waals surface area contributed by atoms with E-state index < -0.39 is 4.92 Å². The topological polar surface area (TPSA) is 125 Å². The maximum atomic E-state index is 10.5. The highest BCUT2D eigenvalue weighted by molar-refractivity contribution is 5.80. The first-order valence-corrected chi connectivity index (χ1v) is 4.49. The van der Waals surface area contributed by atoms with Gasteiger partial charge in [0, 0.05) is 17.7 Å². The van der Waals surface area contributed by atoms with Crippen molar-refractivity contribution in [2.45, 2.75) is 0 Å². The molecule has 1 heterocycles. The maximum absolute atomic E-state index is 10.5. The Labute approximate surface area is 94.7 Å². The molecular weight excluding hydrogens is 226 g/mol. The van der Waals surface area contributed by atoms with Crippen LogP contribution in [0.2, 0.25) is 0 Å². The van der Waals surface area contributed by atoms with Crippen LogP contribution in [0.3, 0.4) is 0 Å². The molecule has 17 heavy (non-hydrogen) atoms. The molecule has 0 unspecified atom stereocenters. The number of aromatic nitrogens is 4. The van der Waals surface area contributed by atoms with Gasteiger partial charge in [0.25, 0.3) is 11.6 Å². The third-order valence-corrected chi connectivity index (χ3v) is 1.87. The maximum Gasteiger partial charge on any atom is 0.270 e. The molecule has 1 aromatic heterocycles. The number of tetrazole rings is 1. The Balaban J connectivity index is 2.24. The molecule has 0 aliphatic heterocycles. The Kier molecular flexibility index (Phi) is 2.73. The highest BCUT2D eigenvalue weighted by Crippen LogP contribution is 2.11. The van der Waals surface area contributed by atoms with Gasteiger partial charge in [-0.15, -0.1) is 0 Å². The lowest BCUT2D eigenvalue weighted by molar-refractivity contribution is -0.384. The summed E-state index contributed by atoms with van der Waals surface area (Å²) in [6, 6.07) is 5.99. The molecule has 0 spiro atoms. The van der Waals surface area contributed by atoms with Gasteiger partial charge in [0.2, 0.25) is 0 Å². The second kappa shape index (κ2) is 4.35. The Morgan fingerprint density at radius 3 is 3.00 bits per heavy atom. The number of hydrogen-bond donors (Lipinski definition) is 1. The zero-order valence-electron chi connectivity index (χ0n) is 8.46. The number of nitrogens with zero attached hydrogens (tertiary/aromatic N) is 6. The van der Waals surface area contributed by atoms with E-state index >= 15 is 0 Å². The molecule has 0 radical (unpaired) electrons. The lowest BCUT2D eigenvalue weighted by atomic mass is 10.2. The average molecular weight is 233 g/mol. The van der Waals surface area contributed by atoms with Crippen LogP contribution in [-0.4, -0.2) is 31.5 Å². The first-order chi connectivity index (χ1) is 8.16. The number of non-ortho nitro benzene ring substituents is 1. The van der Waals surface area contributed by atoms with Crippen molar-refractivity contribution in [3.63, 3.8) is 0 Å². The van der Waals surface area contributed by atoms with E-state index in [0.29, 0.717) is 5.56 Å². The molecular formula is C8H7N7O2. The number of nitrogen functional groups attached to an aromatic ring is 1. The average Bonchev–Trinajstić information content (AvgIpc) is 2.72. The molecule has 2 aromatic rings. The zero-order valence-corrected chi connectivity index (χ0v) is 8.46. The number of benzene rings is 1. The molecule has 0 aliphatic carbocycles. The van der Waals surface area contributed by atoms with Gasteiger partial charge in [-0.3, -0.25) is 10.1 Å². The molecule has 2 N–H and O–H groups in total. The van der Waals surface area contributed by atoms with Crippen molar-refractivity contribution in [3.05, 3.63) is 39.9 Å². The van der Waals surface area contributed by atoms with Crippen molar-refractivity contribution in [3.8, 4) is 0 Å². The van der Waals surface area contributed by atoms with Crippen LogP contribution in [0.5, 0.6) is 0 Å². The fourth-order valence-electron chi connectivity index (χ4n) is 1.11. The standard InChI is InChI=1S/C8H7N7O2/c9-8-11-12-13-14(8)10-5-6-2-1-3-7(4-6)15(16)17/h1-5H,(H2,9,11,13)/b10-5+. The van der Waals surface area contributed by atoms with E-state index in [-0.39, 0.29) is 11.6 Å². The van der Waals surface area contributed by atoms with E-state index in [1.165, 1.54) is 18.3 Å². The van der Waals surface area contributed by atoms with Crippen molar-refractivity contribution >= 4 is 17.9 Å². The normalized spacial score (nSPS) is 10.8. The second-order valence-corrected chi connectivity index (χ2v) is 3.02. The molecule has 0 fully saturated rings. The molecule has 0 saturated carbocycles. The van der Waals surface area contributed by atoms with Crippen LogP contribution >= 0.6 is 0 Å². The Bertz CT molecular complexity index is 577. The number of nitrogens with two attached hydrogens (primary N) is 1. The van der Waals surface area contributed by atoms with Crippen molar-refractivity contribution in [2.24, 2.45) is 5.10 Å². The lowest BCUT2D eigenvalue weighted by Gasteiger charge is -1.94. The minimum atomic E-state index is -0.483. The smallest absolute Gasteiger partial charge is 0.270 e. The van der Waals surface area contributed by atoms with Crippen molar-refractivity contribution in [1.29, 1.82) is 0 Å². The third-order valence-electron chi connectivity index (χ3n) is 1.87. The largest absolute Gasteiger partial charge is 0.365 e. The Hall–Kier alpha value is -2.84. The van der Waals surface area contributed by atoms with Gasteiger partial charge in [0.05, 0.1) is 11.1 Å². The summed E-state index contributed by atoms with van der Waals surface area (Å²) in [5, 5.41) is 24.6. The van der Waals surface area contributed by atoms with E-state index in [1.807, 2.05) is 0 Å². The summed E-state index contributed by atoms with van der Waals surface area (Å²) in [5.74, 6) is 0.0340.